The van der Waals surface area contributed by atoms with E-state index in [2.05, 4.69) is 20.7 Å². The molecule has 0 saturated carbocycles. The van der Waals surface area contributed by atoms with E-state index >= 15 is 0 Å². The third kappa shape index (κ3) is 3.45. The number of hydrogen-bond donors (Lipinski definition) is 3. The lowest BCUT2D eigenvalue weighted by atomic mass is 10.1. The summed E-state index contributed by atoms with van der Waals surface area (Å²) >= 11 is 0. The molecule has 4 rings (SSSR count). The SMILES string of the molecule is Cc1ccc(C(CO)NC(=O)c2cc(-c3ccc4[nH]ncc4c3)on2)cc1. The van der Waals surface area contributed by atoms with Gasteiger partial charge in [-0.3, -0.25) is 9.89 Å². The standard InChI is InChI=1S/C20H18N4O3/c1-12-2-4-13(5-3-12)18(11-25)22-20(26)17-9-19(27-24-17)14-6-7-16-15(8-14)10-21-23-16/h2-10,18,25H,11H2,1H3,(H,21,23)(H,22,26). The van der Waals surface area contributed by atoms with Gasteiger partial charge >= 0.3 is 0 Å². The Hall–Kier alpha value is -3.45. The molecule has 2 aromatic carbocycles. The van der Waals surface area contributed by atoms with E-state index in [0.717, 1.165) is 27.6 Å². The Morgan fingerprint density at radius 1 is 1.22 bits per heavy atom. The summed E-state index contributed by atoms with van der Waals surface area (Å²) in [4.78, 5) is 12.5. The zero-order valence-electron chi connectivity index (χ0n) is 14.6. The molecule has 2 heterocycles. The molecule has 1 atom stereocenters. The Kier molecular flexibility index (Phi) is 4.43. The Balaban J connectivity index is 1.53. The number of benzene rings is 2. The van der Waals surface area contributed by atoms with Gasteiger partial charge in [-0.25, -0.2) is 0 Å². The van der Waals surface area contributed by atoms with E-state index in [9.17, 15) is 9.90 Å². The molecule has 0 bridgehead atoms. The van der Waals surface area contributed by atoms with Crippen LogP contribution in [0.2, 0.25) is 0 Å². The van der Waals surface area contributed by atoms with Crippen LogP contribution in [0.3, 0.4) is 0 Å². The van der Waals surface area contributed by atoms with Crippen LogP contribution in [-0.2, 0) is 0 Å². The number of carbonyl (C=O) groups is 1. The molecule has 0 aliphatic carbocycles. The molecule has 0 spiro atoms. The number of aryl methyl sites for hydroxylation is 1. The van der Waals surface area contributed by atoms with Crippen LogP contribution in [-0.4, -0.2) is 33.0 Å². The molecule has 7 heteroatoms. The first-order chi connectivity index (χ1) is 13.1. The van der Waals surface area contributed by atoms with Gasteiger partial charge in [-0.2, -0.15) is 5.10 Å². The first-order valence-electron chi connectivity index (χ1n) is 8.52. The summed E-state index contributed by atoms with van der Waals surface area (Å²) in [7, 11) is 0. The molecule has 1 unspecified atom stereocenters. The van der Waals surface area contributed by atoms with Crippen LogP contribution < -0.4 is 5.32 Å². The van der Waals surface area contributed by atoms with Gasteiger partial charge in [0.25, 0.3) is 5.91 Å². The van der Waals surface area contributed by atoms with Gasteiger partial charge in [0.2, 0.25) is 0 Å². The summed E-state index contributed by atoms with van der Waals surface area (Å²) in [5.41, 5.74) is 3.80. The van der Waals surface area contributed by atoms with Crippen molar-refractivity contribution in [1.82, 2.24) is 20.7 Å². The number of nitrogens with one attached hydrogen (secondary N) is 2. The first kappa shape index (κ1) is 17.0. The molecule has 27 heavy (non-hydrogen) atoms. The molecular formula is C20H18N4O3. The zero-order chi connectivity index (χ0) is 18.8. The molecule has 0 fully saturated rings. The van der Waals surface area contributed by atoms with E-state index in [1.54, 1.807) is 12.3 Å². The quantitative estimate of drug-likeness (QED) is 0.506. The molecule has 0 aliphatic heterocycles. The number of aliphatic hydroxyl groups excluding tert-OH is 1. The fourth-order valence-electron chi connectivity index (χ4n) is 2.88. The Labute approximate surface area is 155 Å². The van der Waals surface area contributed by atoms with Crippen LogP contribution in [0, 0.1) is 6.92 Å². The van der Waals surface area contributed by atoms with Gasteiger partial charge in [0.05, 0.1) is 24.4 Å². The van der Waals surface area contributed by atoms with E-state index in [1.165, 1.54) is 0 Å². The molecule has 0 saturated heterocycles. The summed E-state index contributed by atoms with van der Waals surface area (Å²) in [5.74, 6) is 0.0770. The lowest BCUT2D eigenvalue weighted by Crippen LogP contribution is -2.31. The van der Waals surface area contributed by atoms with E-state index in [0.29, 0.717) is 5.76 Å². The van der Waals surface area contributed by atoms with Crippen molar-refractivity contribution in [2.75, 3.05) is 6.61 Å². The number of carbonyl (C=O) groups excluding carboxylic acids is 1. The normalized spacial score (nSPS) is 12.2. The van der Waals surface area contributed by atoms with Crippen LogP contribution in [0.4, 0.5) is 0 Å². The highest BCUT2D eigenvalue weighted by Gasteiger charge is 2.19. The number of fused-ring (bicyclic) bond motifs is 1. The maximum Gasteiger partial charge on any atom is 0.274 e. The van der Waals surface area contributed by atoms with Crippen molar-refractivity contribution in [2.24, 2.45) is 0 Å². The maximum absolute atomic E-state index is 12.5. The van der Waals surface area contributed by atoms with Crippen LogP contribution in [0.5, 0.6) is 0 Å². The van der Waals surface area contributed by atoms with Crippen molar-refractivity contribution >= 4 is 16.8 Å². The predicted molar refractivity (Wildman–Crippen MR) is 100 cm³/mol. The minimum atomic E-state index is -0.513. The van der Waals surface area contributed by atoms with Crippen LogP contribution >= 0.6 is 0 Å². The summed E-state index contributed by atoms with van der Waals surface area (Å²) in [6.45, 7) is 1.77. The zero-order valence-corrected chi connectivity index (χ0v) is 14.6. The van der Waals surface area contributed by atoms with Gasteiger partial charge in [0, 0.05) is 17.0 Å². The fraction of sp³-hybridized carbons (Fsp3) is 0.150. The average Bonchev–Trinajstić information content (AvgIpc) is 3.35. The van der Waals surface area contributed by atoms with Crippen LogP contribution in [0.25, 0.3) is 22.2 Å². The topological polar surface area (TPSA) is 104 Å². The Morgan fingerprint density at radius 2 is 2.04 bits per heavy atom. The average molecular weight is 362 g/mol. The number of hydrogen-bond acceptors (Lipinski definition) is 5. The first-order valence-corrected chi connectivity index (χ1v) is 8.52. The third-order valence-corrected chi connectivity index (χ3v) is 4.44. The Bertz CT molecular complexity index is 1080. The molecule has 2 aromatic heterocycles. The monoisotopic (exact) mass is 362 g/mol. The van der Waals surface area contributed by atoms with Crippen molar-refractivity contribution in [3.8, 4) is 11.3 Å². The van der Waals surface area contributed by atoms with Crippen molar-refractivity contribution in [2.45, 2.75) is 13.0 Å². The third-order valence-electron chi connectivity index (χ3n) is 4.44. The molecule has 3 N–H and O–H groups in total. The number of nitrogens with zero attached hydrogens (tertiary/aromatic N) is 2. The van der Waals surface area contributed by atoms with E-state index in [4.69, 9.17) is 4.52 Å². The summed E-state index contributed by atoms with van der Waals surface area (Å²) < 4.78 is 5.33. The molecule has 0 aliphatic rings. The smallest absolute Gasteiger partial charge is 0.274 e. The molecule has 4 aromatic rings. The van der Waals surface area contributed by atoms with E-state index in [1.807, 2.05) is 49.4 Å². The number of aromatic amines is 1. The lowest BCUT2D eigenvalue weighted by Gasteiger charge is -2.16. The Morgan fingerprint density at radius 3 is 2.81 bits per heavy atom. The predicted octanol–water partition coefficient (Wildman–Crippen LogP) is 2.99. The van der Waals surface area contributed by atoms with Crippen molar-refractivity contribution in [3.05, 3.63) is 71.5 Å². The van der Waals surface area contributed by atoms with Crippen LogP contribution in [0.15, 0.2) is 59.3 Å². The van der Waals surface area contributed by atoms with E-state index in [-0.39, 0.29) is 12.3 Å². The van der Waals surface area contributed by atoms with Gasteiger partial charge in [0.1, 0.15) is 0 Å². The fourth-order valence-corrected chi connectivity index (χ4v) is 2.88. The number of rotatable bonds is 5. The number of H-pyrrole nitrogens is 1. The number of aliphatic hydroxyl groups is 1. The second-order valence-electron chi connectivity index (χ2n) is 6.37. The van der Waals surface area contributed by atoms with Crippen molar-refractivity contribution in [3.63, 3.8) is 0 Å². The molecule has 7 nitrogen and oxygen atoms in total. The molecular weight excluding hydrogens is 344 g/mol. The molecule has 136 valence electrons. The van der Waals surface area contributed by atoms with Gasteiger partial charge in [-0.15, -0.1) is 0 Å². The summed E-state index contributed by atoms with van der Waals surface area (Å²) in [5, 5.41) is 24.1. The van der Waals surface area contributed by atoms with Gasteiger partial charge < -0.3 is 14.9 Å². The molecule has 0 radical (unpaired) electrons. The highest BCUT2D eigenvalue weighted by Crippen LogP contribution is 2.24. The van der Waals surface area contributed by atoms with Gasteiger partial charge in [0.15, 0.2) is 11.5 Å². The lowest BCUT2D eigenvalue weighted by molar-refractivity contribution is 0.0907. The maximum atomic E-state index is 12.5. The highest BCUT2D eigenvalue weighted by atomic mass is 16.5. The largest absolute Gasteiger partial charge is 0.394 e. The second kappa shape index (κ2) is 7.05. The summed E-state index contributed by atoms with van der Waals surface area (Å²) in [6.07, 6.45) is 1.72. The molecule has 1 amide bonds. The highest BCUT2D eigenvalue weighted by molar-refractivity contribution is 5.93. The van der Waals surface area contributed by atoms with Crippen molar-refractivity contribution in [1.29, 1.82) is 0 Å². The van der Waals surface area contributed by atoms with Gasteiger partial charge in [-0.1, -0.05) is 35.0 Å². The van der Waals surface area contributed by atoms with E-state index < -0.39 is 11.9 Å². The summed E-state index contributed by atoms with van der Waals surface area (Å²) in [6, 6.07) is 14.4. The minimum Gasteiger partial charge on any atom is -0.394 e. The van der Waals surface area contributed by atoms with Crippen LogP contribution in [0.1, 0.15) is 27.7 Å². The van der Waals surface area contributed by atoms with Crippen molar-refractivity contribution < 1.29 is 14.4 Å². The second-order valence-corrected chi connectivity index (χ2v) is 6.37. The van der Waals surface area contributed by atoms with Gasteiger partial charge in [-0.05, 0) is 30.7 Å². The number of aromatic nitrogens is 3. The minimum absolute atomic E-state index is 0.155. The number of amides is 1.